The number of rotatable bonds is 7. The Balaban J connectivity index is 1.27. The second-order valence-corrected chi connectivity index (χ2v) is 7.63. The highest BCUT2D eigenvalue weighted by atomic mass is 16.5. The molecule has 0 bridgehead atoms. The van der Waals surface area contributed by atoms with Crippen molar-refractivity contribution in [3.05, 3.63) is 11.7 Å². The smallest absolute Gasteiger partial charge is 0.237 e. The van der Waals surface area contributed by atoms with Gasteiger partial charge in [-0.3, -0.25) is 14.6 Å². The van der Waals surface area contributed by atoms with Crippen molar-refractivity contribution in [2.75, 3.05) is 20.1 Å². The Morgan fingerprint density at radius 2 is 2.17 bits per heavy atom. The van der Waals surface area contributed by atoms with Crippen LogP contribution in [0.5, 0.6) is 0 Å². The highest BCUT2D eigenvalue weighted by Crippen LogP contribution is 2.38. The molecular formula is C17H27N5O2. The largest absolute Gasteiger partial charge is 0.352 e. The summed E-state index contributed by atoms with van der Waals surface area (Å²) in [4.78, 5) is 21.3. The van der Waals surface area contributed by atoms with Gasteiger partial charge in [0.1, 0.15) is 0 Å². The maximum Gasteiger partial charge on any atom is 0.237 e. The number of likely N-dealkylation sites (N-methyl/N-ethyl adjacent to an activating group) is 1. The number of nitrogens with zero attached hydrogens (tertiary/aromatic N) is 4. The van der Waals surface area contributed by atoms with Crippen LogP contribution in [0, 0.1) is 0 Å². The van der Waals surface area contributed by atoms with Gasteiger partial charge in [-0.05, 0) is 46.1 Å². The lowest BCUT2D eigenvalue weighted by Crippen LogP contribution is -2.46. The summed E-state index contributed by atoms with van der Waals surface area (Å²) in [6.45, 7) is 4.61. The van der Waals surface area contributed by atoms with E-state index in [0.29, 0.717) is 24.5 Å². The van der Waals surface area contributed by atoms with Crippen LogP contribution in [0.1, 0.15) is 56.7 Å². The van der Waals surface area contributed by atoms with E-state index in [4.69, 9.17) is 4.52 Å². The number of aromatic nitrogens is 2. The number of hydrogen-bond donors (Lipinski definition) is 1. The topological polar surface area (TPSA) is 74.5 Å². The standard InChI is InChI=1S/C17H27N5O2/c1-11(16(23)18-13-5-6-13)22-8-7-14(9-22)21(2)10-15-19-17(24-20-15)12-3-4-12/h11-14H,3-10H2,1-2H3,(H,18,23)/t11-,14-/m0/s1. The van der Waals surface area contributed by atoms with Crippen molar-refractivity contribution in [2.24, 2.45) is 0 Å². The summed E-state index contributed by atoms with van der Waals surface area (Å²) in [7, 11) is 2.11. The van der Waals surface area contributed by atoms with E-state index in [0.717, 1.165) is 44.1 Å². The molecule has 3 aliphatic rings. The Morgan fingerprint density at radius 1 is 1.38 bits per heavy atom. The van der Waals surface area contributed by atoms with Gasteiger partial charge in [0.2, 0.25) is 11.8 Å². The molecule has 3 fully saturated rings. The summed E-state index contributed by atoms with van der Waals surface area (Å²) in [6.07, 6.45) is 5.70. The van der Waals surface area contributed by atoms with Crippen LogP contribution in [0.25, 0.3) is 0 Å². The third-order valence-electron chi connectivity index (χ3n) is 5.47. The predicted octanol–water partition coefficient (Wildman–Crippen LogP) is 1.12. The van der Waals surface area contributed by atoms with Crippen LogP contribution >= 0.6 is 0 Å². The molecule has 7 nitrogen and oxygen atoms in total. The van der Waals surface area contributed by atoms with Crippen molar-refractivity contribution in [3.8, 4) is 0 Å². The number of carbonyl (C=O) groups excluding carboxylic acids is 1. The molecule has 2 saturated carbocycles. The lowest BCUT2D eigenvalue weighted by Gasteiger charge is -2.26. The second-order valence-electron chi connectivity index (χ2n) is 7.63. The molecule has 132 valence electrons. The highest BCUT2D eigenvalue weighted by Gasteiger charge is 2.34. The van der Waals surface area contributed by atoms with Crippen LogP contribution < -0.4 is 5.32 Å². The fourth-order valence-electron chi connectivity index (χ4n) is 3.37. The minimum absolute atomic E-state index is 0.0457. The van der Waals surface area contributed by atoms with Crippen LogP contribution in [0.15, 0.2) is 4.52 Å². The molecule has 0 aromatic carbocycles. The van der Waals surface area contributed by atoms with Gasteiger partial charge in [-0.15, -0.1) is 0 Å². The SMILES string of the molecule is C[C@@H](C(=O)NC1CC1)N1CC[C@H](N(C)Cc2noc(C3CC3)n2)C1. The molecule has 1 aromatic heterocycles. The van der Waals surface area contributed by atoms with Crippen LogP contribution in [0.4, 0.5) is 0 Å². The van der Waals surface area contributed by atoms with Gasteiger partial charge in [-0.25, -0.2) is 0 Å². The molecule has 1 saturated heterocycles. The Bertz CT molecular complexity index is 596. The van der Waals surface area contributed by atoms with Crippen LogP contribution in [0.2, 0.25) is 0 Å². The molecule has 1 aromatic rings. The predicted molar refractivity (Wildman–Crippen MR) is 88.3 cm³/mol. The van der Waals surface area contributed by atoms with Crippen LogP contribution in [-0.4, -0.2) is 64.1 Å². The molecule has 24 heavy (non-hydrogen) atoms. The van der Waals surface area contributed by atoms with Crippen molar-refractivity contribution in [3.63, 3.8) is 0 Å². The summed E-state index contributed by atoms with van der Waals surface area (Å²) >= 11 is 0. The minimum atomic E-state index is -0.0457. The molecule has 0 unspecified atom stereocenters. The van der Waals surface area contributed by atoms with Crippen molar-refractivity contribution in [1.82, 2.24) is 25.3 Å². The summed E-state index contributed by atoms with van der Waals surface area (Å²) < 4.78 is 5.33. The molecule has 2 atom stereocenters. The summed E-state index contributed by atoms with van der Waals surface area (Å²) in [5, 5.41) is 7.21. The van der Waals surface area contributed by atoms with E-state index in [1.54, 1.807) is 0 Å². The summed E-state index contributed by atoms with van der Waals surface area (Å²) in [5.74, 6) is 2.26. The monoisotopic (exact) mass is 333 g/mol. The molecule has 7 heteroatoms. The van der Waals surface area contributed by atoms with E-state index in [1.165, 1.54) is 12.8 Å². The van der Waals surface area contributed by atoms with Crippen molar-refractivity contribution < 1.29 is 9.32 Å². The average Bonchev–Trinajstić information content (AvgIpc) is 3.48. The number of amides is 1. The second kappa shape index (κ2) is 6.44. The number of nitrogens with one attached hydrogen (secondary N) is 1. The Kier molecular flexibility index (Phi) is 4.30. The van der Waals surface area contributed by atoms with E-state index in [2.05, 4.69) is 32.3 Å². The van der Waals surface area contributed by atoms with Crippen LogP contribution in [0.3, 0.4) is 0 Å². The zero-order valence-electron chi connectivity index (χ0n) is 14.6. The lowest BCUT2D eigenvalue weighted by molar-refractivity contribution is -0.125. The molecule has 1 aliphatic heterocycles. The van der Waals surface area contributed by atoms with E-state index in [9.17, 15) is 4.79 Å². The van der Waals surface area contributed by atoms with Gasteiger partial charge < -0.3 is 9.84 Å². The Labute approximate surface area is 142 Å². The van der Waals surface area contributed by atoms with Gasteiger partial charge in [-0.1, -0.05) is 5.16 Å². The van der Waals surface area contributed by atoms with Gasteiger partial charge in [0.05, 0.1) is 12.6 Å². The first-order valence-electron chi connectivity index (χ1n) is 9.17. The average molecular weight is 333 g/mol. The first-order chi connectivity index (χ1) is 11.6. The third-order valence-corrected chi connectivity index (χ3v) is 5.47. The Hall–Kier alpha value is -1.47. The molecule has 2 aliphatic carbocycles. The molecule has 1 N–H and O–H groups in total. The molecule has 2 heterocycles. The highest BCUT2D eigenvalue weighted by molar-refractivity contribution is 5.81. The van der Waals surface area contributed by atoms with E-state index in [1.807, 2.05) is 6.92 Å². The summed E-state index contributed by atoms with van der Waals surface area (Å²) in [5.41, 5.74) is 0. The zero-order chi connectivity index (χ0) is 16.7. The van der Waals surface area contributed by atoms with Gasteiger partial charge in [0, 0.05) is 31.1 Å². The minimum Gasteiger partial charge on any atom is -0.352 e. The molecule has 4 rings (SSSR count). The van der Waals surface area contributed by atoms with Gasteiger partial charge in [-0.2, -0.15) is 4.98 Å². The lowest BCUT2D eigenvalue weighted by atomic mass is 10.2. The van der Waals surface area contributed by atoms with Crippen molar-refractivity contribution in [2.45, 2.75) is 69.6 Å². The molecular weight excluding hydrogens is 306 g/mol. The first kappa shape index (κ1) is 16.0. The maximum atomic E-state index is 12.2. The number of carbonyl (C=O) groups is 1. The van der Waals surface area contributed by atoms with E-state index >= 15 is 0 Å². The zero-order valence-corrected chi connectivity index (χ0v) is 14.6. The fraction of sp³-hybridized carbons (Fsp3) is 0.824. The number of hydrogen-bond acceptors (Lipinski definition) is 6. The maximum absolute atomic E-state index is 12.2. The number of likely N-dealkylation sites (tertiary alicyclic amines) is 1. The van der Waals surface area contributed by atoms with Crippen LogP contribution in [-0.2, 0) is 11.3 Å². The van der Waals surface area contributed by atoms with Crippen molar-refractivity contribution >= 4 is 5.91 Å². The van der Waals surface area contributed by atoms with Crippen molar-refractivity contribution in [1.29, 1.82) is 0 Å². The normalized spacial score (nSPS) is 26.0. The third kappa shape index (κ3) is 3.62. The quantitative estimate of drug-likeness (QED) is 0.806. The molecule has 0 spiro atoms. The van der Waals surface area contributed by atoms with Gasteiger partial charge >= 0.3 is 0 Å². The Morgan fingerprint density at radius 3 is 2.88 bits per heavy atom. The fourth-order valence-corrected chi connectivity index (χ4v) is 3.37. The van der Waals surface area contributed by atoms with E-state index < -0.39 is 0 Å². The molecule has 0 radical (unpaired) electrons. The molecule has 1 amide bonds. The van der Waals surface area contributed by atoms with Gasteiger partial charge in [0.25, 0.3) is 0 Å². The summed E-state index contributed by atoms with van der Waals surface area (Å²) in [6, 6.07) is 0.819. The first-order valence-corrected chi connectivity index (χ1v) is 9.17. The van der Waals surface area contributed by atoms with Gasteiger partial charge in [0.15, 0.2) is 5.82 Å². The van der Waals surface area contributed by atoms with E-state index in [-0.39, 0.29) is 11.9 Å².